The highest BCUT2D eigenvalue weighted by Crippen LogP contribution is 2.33. The first-order chi connectivity index (χ1) is 24.8. The Balaban J connectivity index is 1.34. The number of hydrogen-bond donors (Lipinski definition) is 0. The summed E-state index contributed by atoms with van der Waals surface area (Å²) in [5.41, 5.74) is 2.99. The normalized spacial score (nSPS) is 13.8. The van der Waals surface area contributed by atoms with E-state index in [0.29, 0.717) is 22.3 Å². The summed E-state index contributed by atoms with van der Waals surface area (Å²) in [4.78, 5) is 36.1. The highest BCUT2D eigenvalue weighted by atomic mass is 19.4. The van der Waals surface area contributed by atoms with Crippen LogP contribution in [0.25, 0.3) is 17.3 Å². The van der Waals surface area contributed by atoms with Gasteiger partial charge in [0.1, 0.15) is 6.04 Å². The van der Waals surface area contributed by atoms with Gasteiger partial charge in [-0.3, -0.25) is 14.6 Å². The second-order valence-corrected chi connectivity index (χ2v) is 12.5. The van der Waals surface area contributed by atoms with Gasteiger partial charge in [0.15, 0.2) is 0 Å². The molecular weight excluding hydrogens is 680 g/mol. The van der Waals surface area contributed by atoms with E-state index in [9.17, 15) is 35.9 Å². The number of hydrogen-bond acceptors (Lipinski definition) is 3. The number of halogens is 6. The van der Waals surface area contributed by atoms with Gasteiger partial charge in [-0.2, -0.15) is 26.3 Å². The van der Waals surface area contributed by atoms with E-state index in [1.807, 2.05) is 72.8 Å². The standard InChI is InChI=1S/C41H33F6N3O2/c42-40(43,44)34-17-11-28(12-18-34)13-20-38(51)50(26-30-9-14-31(15-10-30)36-8-4-5-22-48-36)37(24-29-6-2-1-3-7-29)39(52)49-23-21-32-25-35(41(45,46)47)19-16-33(32)27-49/h1-20,22,25,37H,21,23-24,26-27H2/b20-13+/t37-/m0/s1. The maximum absolute atomic E-state index is 14.5. The van der Waals surface area contributed by atoms with Crippen molar-refractivity contribution in [3.8, 4) is 11.3 Å². The fraction of sp³-hybridized carbons (Fsp3) is 0.195. The molecule has 266 valence electrons. The van der Waals surface area contributed by atoms with Crippen LogP contribution >= 0.6 is 0 Å². The summed E-state index contributed by atoms with van der Waals surface area (Å²) in [6.45, 7) is 0.238. The van der Waals surface area contributed by atoms with Gasteiger partial charge in [0.2, 0.25) is 11.8 Å². The Kier molecular flexibility index (Phi) is 10.6. The van der Waals surface area contributed by atoms with E-state index in [-0.39, 0.29) is 38.4 Å². The molecule has 0 spiro atoms. The van der Waals surface area contributed by atoms with Crippen LogP contribution in [0.4, 0.5) is 26.3 Å². The van der Waals surface area contributed by atoms with Crippen LogP contribution in [0.5, 0.6) is 0 Å². The Hall–Kier alpha value is -5.71. The molecule has 0 N–H and O–H groups in total. The van der Waals surface area contributed by atoms with Crippen LogP contribution in [0.15, 0.2) is 128 Å². The van der Waals surface area contributed by atoms with E-state index >= 15 is 0 Å². The number of carbonyl (C=O) groups excluding carboxylic acids is 2. The Morgan fingerprint density at radius 2 is 1.42 bits per heavy atom. The van der Waals surface area contributed by atoms with Crippen molar-refractivity contribution >= 4 is 17.9 Å². The number of alkyl halides is 6. The average molecular weight is 714 g/mol. The Bertz CT molecular complexity index is 2030. The number of nitrogens with zero attached hydrogens (tertiary/aromatic N) is 3. The largest absolute Gasteiger partial charge is 0.416 e. The van der Waals surface area contributed by atoms with Gasteiger partial charge in [-0.1, -0.05) is 78.9 Å². The highest BCUT2D eigenvalue weighted by Gasteiger charge is 2.36. The van der Waals surface area contributed by atoms with E-state index in [1.54, 1.807) is 11.1 Å². The Labute approximate surface area is 296 Å². The highest BCUT2D eigenvalue weighted by molar-refractivity contribution is 5.96. The first-order valence-corrected chi connectivity index (χ1v) is 16.5. The molecule has 1 aliphatic heterocycles. The topological polar surface area (TPSA) is 53.5 Å². The first-order valence-electron chi connectivity index (χ1n) is 16.5. The van der Waals surface area contributed by atoms with Gasteiger partial charge in [0, 0.05) is 43.9 Å². The third-order valence-electron chi connectivity index (χ3n) is 9.00. The zero-order chi connectivity index (χ0) is 36.9. The van der Waals surface area contributed by atoms with Crippen molar-refractivity contribution in [2.45, 2.75) is 44.3 Å². The Morgan fingerprint density at radius 3 is 2.08 bits per heavy atom. The summed E-state index contributed by atoms with van der Waals surface area (Å²) in [6, 6.07) is 29.0. The number of benzene rings is 4. The van der Waals surface area contributed by atoms with Gasteiger partial charge >= 0.3 is 12.4 Å². The van der Waals surface area contributed by atoms with Crippen LogP contribution in [0, 0.1) is 0 Å². The number of fused-ring (bicyclic) bond motifs is 1. The molecule has 0 bridgehead atoms. The molecule has 52 heavy (non-hydrogen) atoms. The summed E-state index contributed by atoms with van der Waals surface area (Å²) in [7, 11) is 0. The van der Waals surface area contributed by atoms with Gasteiger partial charge in [-0.05, 0) is 76.7 Å². The number of amides is 2. The molecule has 5 aromatic rings. The molecular formula is C41H33F6N3O2. The maximum Gasteiger partial charge on any atom is 0.416 e. The molecule has 5 nitrogen and oxygen atoms in total. The van der Waals surface area contributed by atoms with Crippen LogP contribution in [-0.4, -0.2) is 39.2 Å². The number of aromatic nitrogens is 1. The molecule has 6 rings (SSSR count). The molecule has 0 unspecified atom stereocenters. The van der Waals surface area contributed by atoms with Crippen LogP contribution in [-0.2, 0) is 47.9 Å². The smallest absolute Gasteiger partial charge is 0.336 e. The van der Waals surface area contributed by atoms with Gasteiger partial charge in [0.25, 0.3) is 0 Å². The number of rotatable bonds is 9. The lowest BCUT2D eigenvalue weighted by Gasteiger charge is -2.37. The molecule has 1 atom stereocenters. The number of carbonyl (C=O) groups is 2. The zero-order valence-corrected chi connectivity index (χ0v) is 27.7. The molecule has 0 fully saturated rings. The van der Waals surface area contributed by atoms with Crippen molar-refractivity contribution in [2.24, 2.45) is 0 Å². The van der Waals surface area contributed by atoms with Crippen LogP contribution in [0.3, 0.4) is 0 Å². The van der Waals surface area contributed by atoms with Crippen molar-refractivity contribution in [3.05, 3.63) is 166 Å². The fourth-order valence-electron chi connectivity index (χ4n) is 6.20. The summed E-state index contributed by atoms with van der Waals surface area (Å²) < 4.78 is 79.7. The van der Waals surface area contributed by atoms with Gasteiger partial charge in [0.05, 0.1) is 16.8 Å². The predicted molar refractivity (Wildman–Crippen MR) is 185 cm³/mol. The van der Waals surface area contributed by atoms with Gasteiger partial charge < -0.3 is 9.80 Å². The van der Waals surface area contributed by atoms with E-state index in [4.69, 9.17) is 0 Å². The molecule has 0 radical (unpaired) electrons. The van der Waals surface area contributed by atoms with Crippen molar-refractivity contribution in [3.63, 3.8) is 0 Å². The maximum atomic E-state index is 14.5. The quantitative estimate of drug-likeness (QED) is 0.113. The van der Waals surface area contributed by atoms with E-state index in [1.165, 1.54) is 35.3 Å². The molecule has 1 aromatic heterocycles. The second-order valence-electron chi connectivity index (χ2n) is 12.5. The monoisotopic (exact) mass is 713 g/mol. The lowest BCUT2D eigenvalue weighted by Crippen LogP contribution is -2.52. The minimum absolute atomic E-state index is 0.0152. The molecule has 2 amide bonds. The van der Waals surface area contributed by atoms with Gasteiger partial charge in [-0.15, -0.1) is 0 Å². The third kappa shape index (κ3) is 8.77. The molecule has 0 saturated heterocycles. The molecule has 2 heterocycles. The minimum atomic E-state index is -4.51. The minimum Gasteiger partial charge on any atom is -0.336 e. The van der Waals surface area contributed by atoms with Crippen molar-refractivity contribution in [1.29, 1.82) is 0 Å². The summed E-state index contributed by atoms with van der Waals surface area (Å²) >= 11 is 0. The summed E-state index contributed by atoms with van der Waals surface area (Å²) in [5, 5.41) is 0. The summed E-state index contributed by atoms with van der Waals surface area (Å²) in [5.74, 6) is -0.925. The molecule has 0 saturated carbocycles. The van der Waals surface area contributed by atoms with E-state index in [2.05, 4.69) is 4.98 Å². The lowest BCUT2D eigenvalue weighted by atomic mass is 9.95. The zero-order valence-electron chi connectivity index (χ0n) is 27.7. The second kappa shape index (κ2) is 15.3. The van der Waals surface area contributed by atoms with E-state index < -0.39 is 35.4 Å². The average Bonchev–Trinajstić information content (AvgIpc) is 3.15. The molecule has 4 aromatic carbocycles. The van der Waals surface area contributed by atoms with Crippen molar-refractivity contribution in [1.82, 2.24) is 14.8 Å². The Morgan fingerprint density at radius 1 is 0.750 bits per heavy atom. The SMILES string of the molecule is O=C([C@H](Cc1ccccc1)N(Cc1ccc(-c2ccccn2)cc1)C(=O)/C=C/c1ccc(C(F)(F)F)cc1)N1CCc2cc(C(F)(F)F)ccc2C1. The van der Waals surface area contributed by atoms with E-state index in [0.717, 1.165) is 41.1 Å². The summed E-state index contributed by atoms with van der Waals surface area (Å²) in [6.07, 6.45) is -4.34. The fourth-order valence-corrected chi connectivity index (χ4v) is 6.20. The molecule has 0 aliphatic carbocycles. The predicted octanol–water partition coefficient (Wildman–Crippen LogP) is 9.02. The molecule has 1 aliphatic rings. The van der Waals surface area contributed by atoms with Gasteiger partial charge in [-0.25, -0.2) is 0 Å². The molecule has 11 heteroatoms. The van der Waals surface area contributed by atoms with Crippen molar-refractivity contribution in [2.75, 3.05) is 6.54 Å². The van der Waals surface area contributed by atoms with Crippen molar-refractivity contribution < 1.29 is 35.9 Å². The lowest BCUT2D eigenvalue weighted by molar-refractivity contribution is -0.144. The third-order valence-corrected chi connectivity index (χ3v) is 9.00. The van der Waals surface area contributed by atoms with Crippen LogP contribution < -0.4 is 0 Å². The van der Waals surface area contributed by atoms with Crippen LogP contribution in [0.1, 0.15) is 38.9 Å². The first kappa shape index (κ1) is 36.1. The van der Waals surface area contributed by atoms with Crippen LogP contribution in [0.2, 0.25) is 0 Å². The number of pyridine rings is 1.